The normalized spacial score (nSPS) is 26.2. The van der Waals surface area contributed by atoms with Gasteiger partial charge in [0.15, 0.2) is 0 Å². The molecule has 15 heteroatoms. The Kier molecular flexibility index (Phi) is 54.6. The molecule has 13 rings (SSSR count). The van der Waals surface area contributed by atoms with E-state index < -0.39 is 5.60 Å². The molecule has 0 aromatic rings. The Labute approximate surface area is 899 Å². The first-order valence-electron chi connectivity index (χ1n) is 60.0. The molecular formula is C128H265N13O2. The summed E-state index contributed by atoms with van der Waals surface area (Å²) >= 11 is 0. The summed E-state index contributed by atoms with van der Waals surface area (Å²) in [5, 5.41) is 9.68. The van der Waals surface area contributed by atoms with E-state index in [9.17, 15) is 9.90 Å². The van der Waals surface area contributed by atoms with Crippen molar-refractivity contribution in [3.8, 4) is 0 Å². The van der Waals surface area contributed by atoms with Crippen LogP contribution in [0.1, 0.15) is 437 Å². The molecule has 15 nitrogen and oxygen atoms in total. The molecule has 143 heavy (non-hydrogen) atoms. The second-order valence-corrected chi connectivity index (χ2v) is 64.6. The number of carbonyl (C=O) groups excluding carboxylic acids is 1. The number of likely N-dealkylation sites (N-methyl/N-ethyl adjacent to an activating group) is 1. The summed E-state index contributed by atoms with van der Waals surface area (Å²) in [5.74, 6) is 6.85. The van der Waals surface area contributed by atoms with Crippen molar-refractivity contribution in [1.82, 2.24) is 63.7 Å². The van der Waals surface area contributed by atoms with Crippen molar-refractivity contribution in [3.05, 3.63) is 0 Å². The largest absolute Gasteiger partial charge is 0.389 e. The van der Waals surface area contributed by atoms with Crippen LogP contribution in [0.3, 0.4) is 0 Å². The number of aliphatic hydroxyl groups is 1. The van der Waals surface area contributed by atoms with Crippen molar-refractivity contribution in [1.29, 1.82) is 0 Å². The number of piperazine rings is 1. The Bertz CT molecular complexity index is 3400. The van der Waals surface area contributed by atoms with Gasteiger partial charge in [0, 0.05) is 148 Å². The van der Waals surface area contributed by atoms with Gasteiger partial charge in [-0.2, -0.15) is 0 Å². The van der Waals surface area contributed by atoms with Crippen LogP contribution in [0, 0.1) is 133 Å². The highest BCUT2D eigenvalue weighted by Gasteiger charge is 2.52. The van der Waals surface area contributed by atoms with Gasteiger partial charge in [0.2, 0.25) is 5.91 Å². The molecular weight excluding hydrogens is 1750 g/mol. The van der Waals surface area contributed by atoms with E-state index in [0.717, 1.165) is 99.3 Å². The van der Waals surface area contributed by atoms with Gasteiger partial charge < -0.3 is 59.0 Å². The Balaban J connectivity index is 0.000000528. The first-order chi connectivity index (χ1) is 64.4. The van der Waals surface area contributed by atoms with Gasteiger partial charge in [0.25, 0.3) is 0 Å². The summed E-state index contributed by atoms with van der Waals surface area (Å²) in [6.07, 6.45) is 18.4. The number of hydrogen-bond acceptors (Lipinski definition) is 14. The summed E-state index contributed by atoms with van der Waals surface area (Å²) in [6.45, 7) is 157. The highest BCUT2D eigenvalue weighted by Crippen LogP contribution is 2.51. The molecule has 0 spiro atoms. The lowest BCUT2D eigenvalue weighted by Gasteiger charge is -2.57. The van der Waals surface area contributed by atoms with Crippen molar-refractivity contribution in [2.45, 2.75) is 454 Å². The molecule has 1 saturated carbocycles. The molecule has 1 N–H and O–H groups in total. The van der Waals surface area contributed by atoms with Crippen LogP contribution in [0.4, 0.5) is 0 Å². The SMILES string of the molecule is CC(C)(C)C1(C)CN(CC2CC2)C1.CC(C)(O)CN1CC(C)(C(C)(C)C)C1.CC(C)N1CC(C)(C(C)(C)C)C1.CC(C)N1CCC(C(C)(C)C)C1.CCN1CC(C)(C(C)(C)C)C1.CCN1CCC(C(C)(C)C)C1.CCN1CCCC(C(C)(C)C)C1.CCN1CCCC(C(C)(C)C)CC1.CN1CC(C)(C(C)(C)C)C1.CN1CCC(C(C)(C)C)C1.CN1CCCC(C(C)(C)C)CC1.CN1CCN(C(=O)C(C)(C)C)CC1. The smallest absolute Gasteiger partial charge is 0.228 e. The van der Waals surface area contributed by atoms with E-state index in [4.69, 9.17) is 0 Å². The lowest BCUT2D eigenvalue weighted by molar-refractivity contribution is -0.141. The van der Waals surface area contributed by atoms with E-state index in [1.165, 1.54) is 247 Å². The molecule has 12 saturated heterocycles. The first-order valence-corrected chi connectivity index (χ1v) is 60.0. The highest BCUT2D eigenvalue weighted by molar-refractivity contribution is 5.81. The number of likely N-dealkylation sites (tertiary alicyclic amines) is 11. The molecule has 12 aliphatic heterocycles. The van der Waals surface area contributed by atoms with Crippen LogP contribution >= 0.6 is 0 Å². The third kappa shape index (κ3) is 48.5. The number of carbonyl (C=O) groups is 1. The average molecular weight is 2020 g/mol. The van der Waals surface area contributed by atoms with Crippen molar-refractivity contribution in [2.24, 2.45) is 133 Å². The van der Waals surface area contributed by atoms with Gasteiger partial charge in [-0.25, -0.2) is 0 Å². The van der Waals surface area contributed by atoms with Crippen molar-refractivity contribution in [2.75, 3.05) is 238 Å². The fraction of sp³-hybridized carbons (Fsp3) is 0.992. The lowest BCUT2D eigenvalue weighted by atomic mass is 9.63. The first kappa shape index (κ1) is 138. The standard InChI is InChI=1S/C12H25NO.C12H23N.C12H25N.4C11H23N.C10H20N2O.2C10H21N.2C9H19N/c1-10(2,3)12(6)8-13(9-12)7-11(4,5)14;1-11(2,3)12(4)8-13(9-12)7-10-5-6-10;1-5-13-9-6-7-11(8-10-13)12(2,3)4;1-9(2)12-7-11(6,8-12)10(3,4)5;1-9(2)12-7-6-10(8-12)11(3,4)5;1-11(2,3)10-6-5-8-12(4)9-7-10;1-5-12-8-6-7-10(9-12)11(2,3)4;1-10(2,3)9(13)12-7-5-11(4)6-8-12;1-6-11-7-10(5,8-11)9(2,3)4;1-5-11-7-6-9(8-11)10(2,3)4;1-8(2,3)9(4)6-10(5)7-9;1-9(2,3)8-5-6-10(4)7-8/h14H,7-9H2,1-6H3;10H,5-9H2,1-4H3;11H,5-10H2,1-4H3;9H,7-8H2,1-6H3;9-10H,6-8H2,1-5H3;2*10H,5-9H2,1-4H3;5-8H2,1-4H3;6-8H2,1-5H3;9H,5-8H2,1-4H3;6-7H2,1-5H3;8H,5-7H2,1-4H3. The zero-order chi connectivity index (χ0) is 111. The van der Waals surface area contributed by atoms with Gasteiger partial charge >= 0.3 is 0 Å². The van der Waals surface area contributed by atoms with Crippen LogP contribution in [-0.4, -0.2) is 330 Å². The van der Waals surface area contributed by atoms with E-state index in [1.54, 1.807) is 0 Å². The molecule has 1 aliphatic carbocycles. The summed E-state index contributed by atoms with van der Waals surface area (Å²) in [6, 6.07) is 1.46. The fourth-order valence-corrected chi connectivity index (χ4v) is 22.6. The Morgan fingerprint density at radius 1 is 0.273 bits per heavy atom. The van der Waals surface area contributed by atoms with E-state index in [-0.39, 0.29) is 11.3 Å². The van der Waals surface area contributed by atoms with Gasteiger partial charge in [-0.05, 0) is 360 Å². The second-order valence-electron chi connectivity index (χ2n) is 64.6. The van der Waals surface area contributed by atoms with Crippen LogP contribution < -0.4 is 0 Å². The molecule has 6 unspecified atom stereocenters. The average Bonchev–Trinajstić information content (AvgIpc) is 1.72. The van der Waals surface area contributed by atoms with E-state index in [1.807, 2.05) is 39.5 Å². The van der Waals surface area contributed by atoms with Gasteiger partial charge in [-0.1, -0.05) is 312 Å². The topological polar surface area (TPSA) is 79.4 Å². The monoisotopic (exact) mass is 2020 g/mol. The molecule has 1 amide bonds. The van der Waals surface area contributed by atoms with E-state index in [2.05, 4.69) is 405 Å². The molecule has 0 bridgehead atoms. The summed E-state index contributed by atoms with van der Waals surface area (Å²) in [4.78, 5) is 43.7. The van der Waals surface area contributed by atoms with Crippen LogP contribution in [-0.2, 0) is 4.79 Å². The predicted molar refractivity (Wildman–Crippen MR) is 636 cm³/mol. The summed E-state index contributed by atoms with van der Waals surface area (Å²) < 4.78 is 0. The maximum atomic E-state index is 11.8. The third-order valence-electron chi connectivity index (χ3n) is 38.8. The Morgan fingerprint density at radius 3 is 0.860 bits per heavy atom. The minimum absolute atomic E-state index is 0.226. The molecule has 854 valence electrons. The van der Waals surface area contributed by atoms with Gasteiger partial charge in [-0.3, -0.25) is 14.6 Å². The maximum absolute atomic E-state index is 11.8. The van der Waals surface area contributed by atoms with E-state index >= 15 is 0 Å². The number of nitrogens with zero attached hydrogens (tertiary/aromatic N) is 13. The minimum atomic E-state index is -0.556. The molecule has 13 fully saturated rings. The van der Waals surface area contributed by atoms with Crippen LogP contribution in [0.25, 0.3) is 0 Å². The number of β-amino-alcohol motifs (C(OH)–C–C–N with tert-alkyl or cyclic N) is 1. The fourth-order valence-electron chi connectivity index (χ4n) is 22.6. The molecule has 0 radical (unpaired) electrons. The van der Waals surface area contributed by atoms with Crippen molar-refractivity contribution < 1.29 is 9.90 Å². The molecule has 13 aliphatic rings. The quantitative estimate of drug-likeness (QED) is 0.225. The number of amides is 1. The second kappa shape index (κ2) is 56.5. The van der Waals surface area contributed by atoms with Crippen LogP contribution in [0.2, 0.25) is 0 Å². The zero-order valence-electron chi connectivity index (χ0n) is 108. The van der Waals surface area contributed by atoms with Gasteiger partial charge in [0.1, 0.15) is 0 Å². The predicted octanol–water partition coefficient (Wildman–Crippen LogP) is 28.6. The number of hydrogen-bond donors (Lipinski definition) is 1. The molecule has 12 heterocycles. The highest BCUT2D eigenvalue weighted by atomic mass is 16.3. The summed E-state index contributed by atoms with van der Waals surface area (Å²) in [5.41, 5.74) is 7.19. The summed E-state index contributed by atoms with van der Waals surface area (Å²) in [7, 11) is 8.74. The van der Waals surface area contributed by atoms with Gasteiger partial charge in [0.05, 0.1) is 5.60 Å². The lowest BCUT2D eigenvalue weighted by Crippen LogP contribution is -2.62. The van der Waals surface area contributed by atoms with E-state index in [0.29, 0.717) is 86.6 Å². The van der Waals surface area contributed by atoms with Crippen LogP contribution in [0.15, 0.2) is 0 Å². The van der Waals surface area contributed by atoms with Crippen molar-refractivity contribution >= 4 is 5.91 Å². The third-order valence-corrected chi connectivity index (χ3v) is 38.8. The van der Waals surface area contributed by atoms with Gasteiger partial charge in [-0.15, -0.1) is 0 Å². The minimum Gasteiger partial charge on any atom is -0.389 e. The Morgan fingerprint density at radius 2 is 0.559 bits per heavy atom. The Hall–Kier alpha value is -1.05. The van der Waals surface area contributed by atoms with Crippen LogP contribution in [0.5, 0.6) is 0 Å². The number of rotatable bonds is 10. The number of piperidine rings is 1. The van der Waals surface area contributed by atoms with Crippen molar-refractivity contribution in [3.63, 3.8) is 0 Å². The molecule has 0 aromatic carbocycles. The zero-order valence-corrected chi connectivity index (χ0v) is 108. The maximum Gasteiger partial charge on any atom is 0.228 e. The molecule has 0 aromatic heterocycles. The molecule has 6 atom stereocenters.